The molecule has 1 N–H and O–H groups in total. The number of hydrogen-bond acceptors (Lipinski definition) is 6. The number of aromatic nitrogens is 3. The standard InChI is InChI=1S/C19H27N5O2S/c1-26-13-5-12-24-15-20-22-19(24)27-14-18(25)21-16-6-8-17(9-7-16)23-10-3-2-4-11-23/h6-9,15H,2-5,10-14H2,1H3,(H,21,25). The van der Waals surface area contributed by atoms with Crippen molar-refractivity contribution in [3.63, 3.8) is 0 Å². The maximum absolute atomic E-state index is 12.2. The Kier molecular flexibility index (Phi) is 7.53. The number of piperidine rings is 1. The number of anilines is 2. The van der Waals surface area contributed by atoms with Gasteiger partial charge in [0.2, 0.25) is 5.91 Å². The third kappa shape index (κ3) is 5.97. The molecule has 1 aromatic carbocycles. The van der Waals surface area contributed by atoms with Crippen LogP contribution in [0.5, 0.6) is 0 Å². The molecular weight excluding hydrogens is 362 g/mol. The van der Waals surface area contributed by atoms with E-state index in [1.165, 1.54) is 36.7 Å². The third-order valence-corrected chi connectivity index (χ3v) is 5.51. The molecule has 2 aromatic rings. The Balaban J connectivity index is 1.46. The van der Waals surface area contributed by atoms with Gasteiger partial charge in [0.15, 0.2) is 5.16 Å². The van der Waals surface area contributed by atoms with Gasteiger partial charge in [-0.15, -0.1) is 10.2 Å². The second-order valence-electron chi connectivity index (χ2n) is 6.58. The number of amides is 1. The molecule has 0 unspecified atom stereocenters. The number of methoxy groups -OCH3 is 1. The maximum atomic E-state index is 12.2. The number of rotatable bonds is 9. The van der Waals surface area contributed by atoms with Gasteiger partial charge in [0.05, 0.1) is 5.75 Å². The summed E-state index contributed by atoms with van der Waals surface area (Å²) in [5, 5.41) is 11.7. The Bertz CT molecular complexity index is 713. The van der Waals surface area contributed by atoms with Crippen molar-refractivity contribution in [2.75, 3.05) is 42.8 Å². The lowest BCUT2D eigenvalue weighted by Crippen LogP contribution is -2.29. The molecule has 0 saturated carbocycles. The number of aryl methyl sites for hydroxylation is 1. The first kappa shape index (κ1) is 19.7. The van der Waals surface area contributed by atoms with E-state index in [1.807, 2.05) is 16.7 Å². The minimum atomic E-state index is -0.0443. The molecule has 1 fully saturated rings. The number of ether oxygens (including phenoxy) is 1. The van der Waals surface area contributed by atoms with Gasteiger partial charge in [-0.2, -0.15) is 0 Å². The predicted molar refractivity (Wildman–Crippen MR) is 108 cm³/mol. The second kappa shape index (κ2) is 10.3. The summed E-state index contributed by atoms with van der Waals surface area (Å²) in [4.78, 5) is 14.7. The van der Waals surface area contributed by atoms with Crippen molar-refractivity contribution < 1.29 is 9.53 Å². The number of carbonyl (C=O) groups is 1. The van der Waals surface area contributed by atoms with E-state index in [9.17, 15) is 4.79 Å². The fourth-order valence-corrected chi connectivity index (χ4v) is 3.87. The number of carbonyl (C=O) groups excluding carboxylic acids is 1. The Morgan fingerprint density at radius 2 is 2.00 bits per heavy atom. The monoisotopic (exact) mass is 389 g/mol. The van der Waals surface area contributed by atoms with E-state index in [0.717, 1.165) is 36.9 Å². The quantitative estimate of drug-likeness (QED) is 0.525. The van der Waals surface area contributed by atoms with Crippen LogP contribution in [0.15, 0.2) is 35.7 Å². The molecule has 27 heavy (non-hydrogen) atoms. The molecule has 1 aliphatic rings. The molecule has 0 aliphatic carbocycles. The molecule has 146 valence electrons. The van der Waals surface area contributed by atoms with Crippen LogP contribution in [0.4, 0.5) is 11.4 Å². The van der Waals surface area contributed by atoms with Crippen molar-refractivity contribution in [3.8, 4) is 0 Å². The van der Waals surface area contributed by atoms with Crippen LogP contribution in [0.3, 0.4) is 0 Å². The SMILES string of the molecule is COCCCn1cnnc1SCC(=O)Nc1ccc(N2CCCCC2)cc1. The van der Waals surface area contributed by atoms with Gasteiger partial charge in [0, 0.05) is 44.7 Å². The summed E-state index contributed by atoms with van der Waals surface area (Å²) in [6.07, 6.45) is 6.41. The minimum absolute atomic E-state index is 0.0443. The first-order valence-corrected chi connectivity index (χ1v) is 10.4. The van der Waals surface area contributed by atoms with Crippen molar-refractivity contribution >= 4 is 29.0 Å². The lowest BCUT2D eigenvalue weighted by atomic mass is 10.1. The lowest BCUT2D eigenvalue weighted by Gasteiger charge is -2.28. The molecule has 1 amide bonds. The number of thioether (sulfide) groups is 1. The first-order valence-electron chi connectivity index (χ1n) is 9.40. The van der Waals surface area contributed by atoms with Crippen molar-refractivity contribution in [1.29, 1.82) is 0 Å². The van der Waals surface area contributed by atoms with Crippen LogP contribution in [0.2, 0.25) is 0 Å². The summed E-state index contributed by atoms with van der Waals surface area (Å²) in [6.45, 7) is 3.71. The van der Waals surface area contributed by atoms with Gasteiger partial charge in [0.25, 0.3) is 0 Å². The van der Waals surface area contributed by atoms with E-state index in [0.29, 0.717) is 12.4 Å². The van der Waals surface area contributed by atoms with E-state index >= 15 is 0 Å². The van der Waals surface area contributed by atoms with Crippen LogP contribution in [-0.4, -0.2) is 53.2 Å². The highest BCUT2D eigenvalue weighted by Gasteiger charge is 2.12. The summed E-state index contributed by atoms with van der Waals surface area (Å²) in [7, 11) is 1.69. The Morgan fingerprint density at radius 1 is 1.22 bits per heavy atom. The van der Waals surface area contributed by atoms with Gasteiger partial charge < -0.3 is 19.5 Å². The molecule has 1 aromatic heterocycles. The van der Waals surface area contributed by atoms with E-state index in [-0.39, 0.29) is 5.91 Å². The molecule has 8 heteroatoms. The lowest BCUT2D eigenvalue weighted by molar-refractivity contribution is -0.113. The summed E-state index contributed by atoms with van der Waals surface area (Å²) < 4.78 is 7.01. The highest BCUT2D eigenvalue weighted by Crippen LogP contribution is 2.22. The molecule has 1 aliphatic heterocycles. The molecule has 0 radical (unpaired) electrons. The smallest absolute Gasteiger partial charge is 0.234 e. The third-order valence-electron chi connectivity index (χ3n) is 4.53. The summed E-state index contributed by atoms with van der Waals surface area (Å²) >= 11 is 1.39. The zero-order valence-electron chi connectivity index (χ0n) is 15.8. The summed E-state index contributed by atoms with van der Waals surface area (Å²) in [6, 6.07) is 8.11. The molecule has 0 bridgehead atoms. The van der Waals surface area contributed by atoms with E-state index in [2.05, 4.69) is 32.5 Å². The van der Waals surface area contributed by atoms with Crippen molar-refractivity contribution in [2.45, 2.75) is 37.4 Å². The van der Waals surface area contributed by atoms with Crippen LogP contribution in [0.1, 0.15) is 25.7 Å². The van der Waals surface area contributed by atoms with Crippen molar-refractivity contribution in [1.82, 2.24) is 14.8 Å². The zero-order valence-corrected chi connectivity index (χ0v) is 16.6. The minimum Gasteiger partial charge on any atom is -0.385 e. The maximum Gasteiger partial charge on any atom is 0.234 e. The first-order chi connectivity index (χ1) is 13.3. The van der Waals surface area contributed by atoms with Crippen LogP contribution in [0.25, 0.3) is 0 Å². The van der Waals surface area contributed by atoms with E-state index < -0.39 is 0 Å². The van der Waals surface area contributed by atoms with Crippen molar-refractivity contribution in [2.24, 2.45) is 0 Å². The fraction of sp³-hybridized carbons (Fsp3) is 0.526. The summed E-state index contributed by atoms with van der Waals surface area (Å²) in [5.74, 6) is 0.258. The normalized spacial score (nSPS) is 14.3. The van der Waals surface area contributed by atoms with Gasteiger partial charge in [-0.25, -0.2) is 0 Å². The van der Waals surface area contributed by atoms with E-state index in [1.54, 1.807) is 13.4 Å². The Morgan fingerprint density at radius 3 is 2.74 bits per heavy atom. The predicted octanol–water partition coefficient (Wildman–Crippen LogP) is 3.04. The van der Waals surface area contributed by atoms with Crippen LogP contribution in [-0.2, 0) is 16.1 Å². The van der Waals surface area contributed by atoms with Gasteiger partial charge in [-0.1, -0.05) is 11.8 Å². The number of benzene rings is 1. The molecule has 3 rings (SSSR count). The largest absolute Gasteiger partial charge is 0.385 e. The van der Waals surface area contributed by atoms with Crippen molar-refractivity contribution in [3.05, 3.63) is 30.6 Å². The van der Waals surface area contributed by atoms with Crippen LogP contribution in [0, 0.1) is 0 Å². The molecule has 0 atom stereocenters. The Labute approximate surface area is 164 Å². The van der Waals surface area contributed by atoms with Gasteiger partial charge in [-0.3, -0.25) is 4.79 Å². The number of hydrogen-bond donors (Lipinski definition) is 1. The molecule has 2 heterocycles. The van der Waals surface area contributed by atoms with Gasteiger partial charge >= 0.3 is 0 Å². The molecule has 7 nitrogen and oxygen atoms in total. The van der Waals surface area contributed by atoms with Gasteiger partial charge in [0.1, 0.15) is 6.33 Å². The number of nitrogens with one attached hydrogen (secondary N) is 1. The molecule has 1 saturated heterocycles. The highest BCUT2D eigenvalue weighted by atomic mass is 32.2. The Hall–Kier alpha value is -2.06. The van der Waals surface area contributed by atoms with Crippen LogP contribution < -0.4 is 10.2 Å². The van der Waals surface area contributed by atoms with E-state index in [4.69, 9.17) is 4.74 Å². The molecule has 0 spiro atoms. The topological polar surface area (TPSA) is 72.3 Å². The molecular formula is C19H27N5O2S. The van der Waals surface area contributed by atoms with Crippen LogP contribution >= 0.6 is 11.8 Å². The average molecular weight is 390 g/mol. The second-order valence-corrected chi connectivity index (χ2v) is 7.53. The summed E-state index contributed by atoms with van der Waals surface area (Å²) in [5.41, 5.74) is 2.05. The average Bonchev–Trinajstić information content (AvgIpc) is 3.15. The fourth-order valence-electron chi connectivity index (χ4n) is 3.12. The zero-order chi connectivity index (χ0) is 18.9. The number of nitrogens with zero attached hydrogens (tertiary/aromatic N) is 4. The highest BCUT2D eigenvalue weighted by molar-refractivity contribution is 7.99. The van der Waals surface area contributed by atoms with Gasteiger partial charge in [-0.05, 0) is 49.9 Å².